The molecule has 0 bridgehead atoms. The third kappa shape index (κ3) is 5.96. The molecule has 0 saturated carbocycles. The first-order valence-corrected chi connectivity index (χ1v) is 10.1. The molecule has 0 atom stereocenters. The summed E-state index contributed by atoms with van der Waals surface area (Å²) in [5.74, 6) is -0.612. The molecule has 9 heteroatoms. The van der Waals surface area contributed by atoms with Crippen LogP contribution >= 0.6 is 15.9 Å². The third-order valence-corrected chi connectivity index (χ3v) is 4.72. The zero-order valence-corrected chi connectivity index (χ0v) is 17.9. The summed E-state index contributed by atoms with van der Waals surface area (Å²) < 4.78 is 17.0. The van der Waals surface area contributed by atoms with E-state index in [1.807, 2.05) is 13.0 Å². The van der Waals surface area contributed by atoms with Crippen LogP contribution in [-0.4, -0.2) is 44.1 Å². The predicted octanol–water partition coefficient (Wildman–Crippen LogP) is 2.83. The van der Waals surface area contributed by atoms with Crippen molar-refractivity contribution in [3.63, 3.8) is 0 Å². The van der Waals surface area contributed by atoms with E-state index in [-0.39, 0.29) is 18.0 Å². The van der Waals surface area contributed by atoms with Crippen LogP contribution in [0, 0.1) is 6.92 Å². The van der Waals surface area contributed by atoms with Gasteiger partial charge in [-0.1, -0.05) is 15.9 Å². The first-order chi connectivity index (χ1) is 14.4. The van der Waals surface area contributed by atoms with E-state index >= 15 is 0 Å². The Bertz CT molecular complexity index is 963. The zero-order valence-electron chi connectivity index (χ0n) is 16.3. The number of nitrogens with one attached hydrogen (secondary N) is 2. The number of aryl methyl sites for hydroxylation is 1. The molecule has 0 unspecified atom stereocenters. The van der Waals surface area contributed by atoms with Crippen LogP contribution in [0.2, 0.25) is 0 Å². The molecule has 8 nitrogen and oxygen atoms in total. The number of benzene rings is 2. The number of carbonyl (C=O) groups is 3. The van der Waals surface area contributed by atoms with Gasteiger partial charge in [-0.25, -0.2) is 4.79 Å². The largest absolute Gasteiger partial charge is 0.490 e. The van der Waals surface area contributed by atoms with Crippen molar-refractivity contribution in [1.29, 1.82) is 0 Å². The molecule has 1 aliphatic heterocycles. The Morgan fingerprint density at radius 2 is 1.80 bits per heavy atom. The quantitative estimate of drug-likeness (QED) is 0.621. The van der Waals surface area contributed by atoms with E-state index in [0.717, 1.165) is 16.5 Å². The summed E-state index contributed by atoms with van der Waals surface area (Å²) in [5.41, 5.74) is 1.78. The number of halogens is 1. The lowest BCUT2D eigenvalue weighted by atomic mass is 10.2. The highest BCUT2D eigenvalue weighted by atomic mass is 79.9. The number of ether oxygens (including phenoxy) is 3. The highest BCUT2D eigenvalue weighted by molar-refractivity contribution is 9.10. The van der Waals surface area contributed by atoms with Gasteiger partial charge in [-0.15, -0.1) is 0 Å². The highest BCUT2D eigenvalue weighted by Crippen LogP contribution is 2.30. The molecule has 0 spiro atoms. The van der Waals surface area contributed by atoms with Crippen LogP contribution in [0.5, 0.6) is 11.5 Å². The first kappa shape index (κ1) is 21.6. The Morgan fingerprint density at radius 1 is 1.03 bits per heavy atom. The molecule has 30 heavy (non-hydrogen) atoms. The summed E-state index contributed by atoms with van der Waals surface area (Å²) in [6, 6.07) is 10.1. The summed E-state index contributed by atoms with van der Waals surface area (Å²) >= 11 is 3.36. The van der Waals surface area contributed by atoms with Gasteiger partial charge in [0.2, 0.25) is 5.91 Å². The summed E-state index contributed by atoms with van der Waals surface area (Å²) in [7, 11) is 0. The summed E-state index contributed by atoms with van der Waals surface area (Å²) in [4.78, 5) is 36.1. The average molecular weight is 477 g/mol. The molecular formula is C21H21BrN2O6. The maximum absolute atomic E-state index is 12.2. The number of amides is 2. The fourth-order valence-corrected chi connectivity index (χ4v) is 3.17. The molecule has 1 heterocycles. The topological polar surface area (TPSA) is 103 Å². The number of esters is 1. The van der Waals surface area contributed by atoms with Gasteiger partial charge in [0.05, 0.1) is 25.3 Å². The molecule has 0 aromatic heterocycles. The van der Waals surface area contributed by atoms with E-state index in [2.05, 4.69) is 26.6 Å². The van der Waals surface area contributed by atoms with Gasteiger partial charge in [-0.2, -0.15) is 0 Å². The Balaban J connectivity index is 1.44. The molecule has 2 amide bonds. The molecule has 2 N–H and O–H groups in total. The van der Waals surface area contributed by atoms with Crippen molar-refractivity contribution in [2.24, 2.45) is 0 Å². The normalized spacial score (nSPS) is 12.5. The first-order valence-electron chi connectivity index (χ1n) is 9.32. The summed E-state index contributed by atoms with van der Waals surface area (Å²) in [5, 5.41) is 5.13. The van der Waals surface area contributed by atoms with Gasteiger partial charge in [-0.05, 0) is 48.9 Å². The maximum Gasteiger partial charge on any atom is 0.338 e. The number of hydrogen-bond acceptors (Lipinski definition) is 6. The molecule has 0 fully saturated rings. The minimum atomic E-state index is -0.671. The van der Waals surface area contributed by atoms with Gasteiger partial charge in [0.25, 0.3) is 5.91 Å². The van der Waals surface area contributed by atoms with E-state index in [9.17, 15) is 14.4 Å². The fourth-order valence-electron chi connectivity index (χ4n) is 2.70. The number of fused-ring (bicyclic) bond motifs is 1. The van der Waals surface area contributed by atoms with Crippen molar-refractivity contribution in [2.45, 2.75) is 13.3 Å². The second-order valence-electron chi connectivity index (χ2n) is 6.57. The average Bonchev–Trinajstić information content (AvgIpc) is 2.97. The Kier molecular flexibility index (Phi) is 7.29. The molecule has 2 aromatic carbocycles. The highest BCUT2D eigenvalue weighted by Gasteiger charge is 2.16. The van der Waals surface area contributed by atoms with Gasteiger partial charge in [-0.3, -0.25) is 9.59 Å². The van der Waals surface area contributed by atoms with Gasteiger partial charge >= 0.3 is 5.97 Å². The van der Waals surface area contributed by atoms with Crippen molar-refractivity contribution < 1.29 is 28.6 Å². The van der Waals surface area contributed by atoms with Gasteiger partial charge in [0.1, 0.15) is 0 Å². The van der Waals surface area contributed by atoms with Gasteiger partial charge in [0.15, 0.2) is 18.1 Å². The second-order valence-corrected chi connectivity index (χ2v) is 7.49. The van der Waals surface area contributed by atoms with Gasteiger partial charge < -0.3 is 24.8 Å². The summed E-state index contributed by atoms with van der Waals surface area (Å²) in [6.07, 6.45) is 0.754. The van der Waals surface area contributed by atoms with Crippen LogP contribution in [0.15, 0.2) is 40.9 Å². The van der Waals surface area contributed by atoms with Crippen molar-refractivity contribution >= 4 is 39.4 Å². The second kappa shape index (κ2) is 10.1. The number of hydrogen-bond donors (Lipinski definition) is 2. The molecule has 3 rings (SSSR count). The molecule has 0 saturated heterocycles. The lowest BCUT2D eigenvalue weighted by Gasteiger charge is -2.11. The van der Waals surface area contributed by atoms with E-state index in [1.165, 1.54) is 6.07 Å². The number of anilines is 1. The predicted molar refractivity (Wildman–Crippen MR) is 113 cm³/mol. The fraction of sp³-hybridized carbons (Fsp3) is 0.286. The number of carbonyl (C=O) groups excluding carboxylic acids is 3. The van der Waals surface area contributed by atoms with Gasteiger partial charge in [0, 0.05) is 16.6 Å². The summed E-state index contributed by atoms with van der Waals surface area (Å²) in [6.45, 7) is 2.16. The van der Waals surface area contributed by atoms with Crippen LogP contribution in [0.25, 0.3) is 0 Å². The lowest BCUT2D eigenvalue weighted by molar-refractivity contribution is -0.126. The maximum atomic E-state index is 12.2. The Labute approximate surface area is 182 Å². The molecule has 158 valence electrons. The van der Waals surface area contributed by atoms with Crippen LogP contribution in [0.3, 0.4) is 0 Å². The minimum Gasteiger partial charge on any atom is -0.490 e. The molecule has 0 aliphatic carbocycles. The van der Waals surface area contributed by atoms with Crippen LogP contribution in [-0.2, 0) is 14.3 Å². The van der Waals surface area contributed by atoms with E-state index in [4.69, 9.17) is 14.2 Å². The third-order valence-electron chi connectivity index (χ3n) is 4.23. The van der Waals surface area contributed by atoms with E-state index in [0.29, 0.717) is 30.4 Å². The smallest absolute Gasteiger partial charge is 0.338 e. The van der Waals surface area contributed by atoms with Crippen molar-refractivity contribution in [1.82, 2.24) is 5.32 Å². The minimum absolute atomic E-state index is 0.240. The molecule has 1 aliphatic rings. The molecular weight excluding hydrogens is 456 g/mol. The van der Waals surface area contributed by atoms with Crippen LogP contribution < -0.4 is 20.1 Å². The SMILES string of the molecule is Cc1cc(Br)ccc1NC(=O)CNC(=O)COC(=O)c1ccc2c(c1)OCCCO2. The lowest BCUT2D eigenvalue weighted by Crippen LogP contribution is -2.35. The number of rotatable bonds is 6. The zero-order chi connectivity index (χ0) is 21.5. The van der Waals surface area contributed by atoms with Crippen molar-refractivity contribution in [3.8, 4) is 11.5 Å². The molecule has 2 aromatic rings. The molecule has 0 radical (unpaired) electrons. The standard InChI is InChI=1S/C21H21BrN2O6/c1-13-9-15(22)4-5-16(13)24-19(25)11-23-20(26)12-30-21(27)14-3-6-17-18(10-14)29-8-2-7-28-17/h3-6,9-10H,2,7-8,11-12H2,1H3,(H,23,26)(H,24,25). The Hall–Kier alpha value is -3.07. The van der Waals surface area contributed by atoms with Crippen molar-refractivity contribution in [2.75, 3.05) is 31.7 Å². The van der Waals surface area contributed by atoms with Crippen LogP contribution in [0.1, 0.15) is 22.3 Å². The Morgan fingerprint density at radius 3 is 2.57 bits per heavy atom. The van der Waals surface area contributed by atoms with Crippen LogP contribution in [0.4, 0.5) is 5.69 Å². The van der Waals surface area contributed by atoms with Crippen molar-refractivity contribution in [3.05, 3.63) is 52.0 Å². The van der Waals surface area contributed by atoms with E-state index < -0.39 is 18.5 Å². The monoisotopic (exact) mass is 476 g/mol. The van der Waals surface area contributed by atoms with E-state index in [1.54, 1.807) is 24.3 Å².